The lowest BCUT2D eigenvalue weighted by Crippen LogP contribution is -2.46. The Morgan fingerprint density at radius 3 is 2.60 bits per heavy atom. The van der Waals surface area contributed by atoms with Crippen molar-refractivity contribution < 1.29 is 20.1 Å². The van der Waals surface area contributed by atoms with Gasteiger partial charge in [0.15, 0.2) is 18.5 Å². The Kier molecular flexibility index (Phi) is 2.25. The monoisotopic (exact) mass is 149 g/mol. The van der Waals surface area contributed by atoms with Gasteiger partial charge >= 0.3 is 0 Å². The highest BCUT2D eigenvalue weighted by Gasteiger charge is 2.36. The van der Waals surface area contributed by atoms with E-state index in [0.717, 1.165) is 0 Å². The van der Waals surface area contributed by atoms with E-state index in [1.807, 2.05) is 0 Å². The van der Waals surface area contributed by atoms with Crippen LogP contribution in [-0.2, 0) is 4.74 Å². The first-order valence-corrected chi connectivity index (χ1v) is 3.34. The SMILES string of the molecule is C[C@@H]1O[C@@H](O)C[C@H]([OH2+])[C@H]1O. The van der Waals surface area contributed by atoms with E-state index < -0.39 is 24.6 Å². The number of ether oxygens (including phenoxy) is 1. The van der Waals surface area contributed by atoms with Crippen LogP contribution in [0.25, 0.3) is 0 Å². The first-order chi connectivity index (χ1) is 4.61. The Labute approximate surface area is 59.1 Å². The van der Waals surface area contributed by atoms with Crippen molar-refractivity contribution in [3.05, 3.63) is 0 Å². The number of hydrogen-bond donors (Lipinski definition) is 2. The summed E-state index contributed by atoms with van der Waals surface area (Å²) in [6.07, 6.45) is -2.47. The molecule has 1 saturated heterocycles. The highest BCUT2D eigenvalue weighted by molar-refractivity contribution is 4.78. The predicted molar refractivity (Wildman–Crippen MR) is 34.6 cm³/mol. The normalized spacial score (nSPS) is 49.2. The third-order valence-corrected chi connectivity index (χ3v) is 1.72. The van der Waals surface area contributed by atoms with Crippen molar-refractivity contribution in [2.45, 2.75) is 37.9 Å². The van der Waals surface area contributed by atoms with Crippen molar-refractivity contribution in [2.24, 2.45) is 0 Å². The average molecular weight is 149 g/mol. The van der Waals surface area contributed by atoms with Gasteiger partial charge in [-0.3, -0.25) is 0 Å². The molecular formula is C6H13O4+. The molecule has 0 saturated carbocycles. The van der Waals surface area contributed by atoms with Gasteiger partial charge < -0.3 is 20.1 Å². The van der Waals surface area contributed by atoms with Gasteiger partial charge in [0.2, 0.25) is 0 Å². The highest BCUT2D eigenvalue weighted by Crippen LogP contribution is 2.17. The van der Waals surface area contributed by atoms with Crippen molar-refractivity contribution in [1.82, 2.24) is 0 Å². The fourth-order valence-electron chi connectivity index (χ4n) is 1.07. The fraction of sp³-hybridized carbons (Fsp3) is 1.00. The van der Waals surface area contributed by atoms with Gasteiger partial charge in [-0.1, -0.05) is 0 Å². The van der Waals surface area contributed by atoms with Crippen LogP contribution in [0, 0.1) is 0 Å². The molecule has 0 aromatic rings. The fourth-order valence-corrected chi connectivity index (χ4v) is 1.07. The summed E-state index contributed by atoms with van der Waals surface area (Å²) < 4.78 is 4.85. The quantitative estimate of drug-likeness (QED) is 0.415. The van der Waals surface area contributed by atoms with E-state index in [1.54, 1.807) is 6.92 Å². The molecule has 0 aromatic carbocycles. The van der Waals surface area contributed by atoms with Gasteiger partial charge in [0.25, 0.3) is 0 Å². The van der Waals surface area contributed by atoms with Crippen molar-refractivity contribution in [3.63, 3.8) is 0 Å². The van der Waals surface area contributed by atoms with E-state index in [9.17, 15) is 0 Å². The lowest BCUT2D eigenvalue weighted by Gasteiger charge is -2.30. The Morgan fingerprint density at radius 1 is 1.50 bits per heavy atom. The maximum atomic E-state index is 9.14. The summed E-state index contributed by atoms with van der Waals surface area (Å²) in [5.74, 6) is 0. The van der Waals surface area contributed by atoms with Crippen LogP contribution in [0.15, 0.2) is 0 Å². The van der Waals surface area contributed by atoms with Gasteiger partial charge in [-0.05, 0) is 6.92 Å². The Morgan fingerprint density at radius 2 is 2.10 bits per heavy atom. The lowest BCUT2D eigenvalue weighted by molar-refractivity contribution is -0.226. The molecule has 10 heavy (non-hydrogen) atoms. The van der Waals surface area contributed by atoms with E-state index in [1.165, 1.54) is 0 Å². The molecule has 0 unspecified atom stereocenters. The Bertz CT molecular complexity index is 104. The summed E-state index contributed by atoms with van der Waals surface area (Å²) in [7, 11) is 0. The van der Waals surface area contributed by atoms with Crippen LogP contribution in [0.2, 0.25) is 0 Å². The first-order valence-electron chi connectivity index (χ1n) is 3.34. The lowest BCUT2D eigenvalue weighted by atomic mass is 10.0. The van der Waals surface area contributed by atoms with Crippen LogP contribution in [0.1, 0.15) is 13.3 Å². The van der Waals surface area contributed by atoms with Gasteiger partial charge in [-0.2, -0.15) is 0 Å². The molecule has 0 spiro atoms. The smallest absolute Gasteiger partial charge is 0.187 e. The summed E-state index contributed by atoms with van der Waals surface area (Å²) >= 11 is 0. The van der Waals surface area contributed by atoms with E-state index >= 15 is 0 Å². The maximum absolute atomic E-state index is 9.14. The molecule has 4 nitrogen and oxygen atoms in total. The number of aliphatic hydroxyl groups is 2. The average Bonchev–Trinajstić information content (AvgIpc) is 1.82. The molecule has 60 valence electrons. The van der Waals surface area contributed by atoms with Crippen LogP contribution in [0.5, 0.6) is 0 Å². The molecule has 1 fully saturated rings. The third-order valence-electron chi connectivity index (χ3n) is 1.72. The summed E-state index contributed by atoms with van der Waals surface area (Å²) in [5, 5.41) is 25.3. The van der Waals surface area contributed by atoms with Crippen molar-refractivity contribution in [3.8, 4) is 0 Å². The molecule has 1 rings (SSSR count). The van der Waals surface area contributed by atoms with E-state index in [4.69, 9.17) is 20.1 Å². The van der Waals surface area contributed by atoms with E-state index in [-0.39, 0.29) is 6.42 Å². The molecule has 4 heteroatoms. The number of hydrogen-bond acceptors (Lipinski definition) is 3. The standard InChI is InChI=1S/C6H12O4/c1-3-6(9)4(7)2-5(8)10-3/h3-9H,2H2,1H3/p+1/t3-,4-,5+,6-/m0/s1. The topological polar surface area (TPSA) is 72.6 Å². The van der Waals surface area contributed by atoms with Gasteiger partial charge in [0.1, 0.15) is 0 Å². The summed E-state index contributed by atoms with van der Waals surface area (Å²) in [6, 6.07) is 0. The molecule has 0 radical (unpaired) electrons. The molecule has 0 bridgehead atoms. The zero-order valence-electron chi connectivity index (χ0n) is 5.82. The molecule has 1 heterocycles. The second-order valence-electron chi connectivity index (χ2n) is 2.63. The van der Waals surface area contributed by atoms with Gasteiger partial charge in [-0.25, -0.2) is 0 Å². The summed E-state index contributed by atoms with van der Waals surface area (Å²) in [6.45, 7) is 1.65. The van der Waals surface area contributed by atoms with Crippen LogP contribution >= 0.6 is 0 Å². The number of aliphatic hydroxyl groups excluding tert-OH is 2. The molecule has 4 N–H and O–H groups in total. The van der Waals surface area contributed by atoms with E-state index in [0.29, 0.717) is 0 Å². The van der Waals surface area contributed by atoms with Crippen molar-refractivity contribution >= 4 is 0 Å². The minimum atomic E-state index is -0.874. The zero-order valence-corrected chi connectivity index (χ0v) is 5.82. The molecular weight excluding hydrogens is 136 g/mol. The Balaban J connectivity index is 2.49. The summed E-state index contributed by atoms with van der Waals surface area (Å²) in [4.78, 5) is 0. The van der Waals surface area contributed by atoms with Crippen molar-refractivity contribution in [2.75, 3.05) is 0 Å². The molecule has 1 aliphatic rings. The largest absolute Gasteiger partial charge is 0.441 e. The predicted octanol–water partition coefficient (Wildman–Crippen LogP) is -1.43. The highest BCUT2D eigenvalue weighted by atomic mass is 16.6. The second kappa shape index (κ2) is 2.84. The molecule has 1 aliphatic heterocycles. The summed E-state index contributed by atoms with van der Waals surface area (Å²) in [5.41, 5.74) is 0. The molecule has 4 atom stereocenters. The number of rotatable bonds is 0. The molecule has 0 amide bonds. The van der Waals surface area contributed by atoms with Gasteiger partial charge in [-0.15, -0.1) is 0 Å². The van der Waals surface area contributed by atoms with Gasteiger partial charge in [0.05, 0.1) is 12.5 Å². The van der Waals surface area contributed by atoms with E-state index in [2.05, 4.69) is 0 Å². The van der Waals surface area contributed by atoms with Crippen molar-refractivity contribution in [1.29, 1.82) is 0 Å². The first kappa shape index (κ1) is 7.94. The third kappa shape index (κ3) is 1.46. The maximum Gasteiger partial charge on any atom is 0.187 e. The Hall–Kier alpha value is -0.160. The van der Waals surface area contributed by atoms with Crippen LogP contribution < -0.4 is 0 Å². The zero-order chi connectivity index (χ0) is 7.72. The van der Waals surface area contributed by atoms with Gasteiger partial charge in [0, 0.05) is 0 Å². The molecule has 0 aliphatic carbocycles. The van der Waals surface area contributed by atoms with Crippen LogP contribution in [-0.4, -0.2) is 39.9 Å². The van der Waals surface area contributed by atoms with Crippen LogP contribution in [0.3, 0.4) is 0 Å². The minimum Gasteiger partial charge on any atom is -0.441 e. The molecule has 0 aromatic heterocycles. The van der Waals surface area contributed by atoms with Crippen LogP contribution in [0.4, 0.5) is 0 Å². The minimum absolute atomic E-state index is 0.200. The second-order valence-corrected chi connectivity index (χ2v) is 2.63.